The molecule has 2 aromatic carbocycles. The zero-order chi connectivity index (χ0) is 16.2. The predicted molar refractivity (Wildman–Crippen MR) is 99.3 cm³/mol. The lowest BCUT2D eigenvalue weighted by molar-refractivity contribution is -0.125. The van der Waals surface area contributed by atoms with Gasteiger partial charge in [-0.3, -0.25) is 4.79 Å². The van der Waals surface area contributed by atoms with E-state index in [1.165, 1.54) is 0 Å². The maximum absolute atomic E-state index is 12.2. The molecule has 0 unspecified atom stereocenters. The minimum absolute atomic E-state index is 0.0417. The molecular weight excluding hydrogens is 372 g/mol. The van der Waals surface area contributed by atoms with E-state index in [1.807, 2.05) is 54.6 Å². The van der Waals surface area contributed by atoms with Crippen molar-refractivity contribution in [1.29, 1.82) is 0 Å². The van der Waals surface area contributed by atoms with Gasteiger partial charge in [-0.15, -0.1) is 11.3 Å². The maximum Gasteiger partial charge on any atom is 0.246 e. The molecule has 116 valence electrons. The number of halogens is 1. The minimum Gasteiger partial charge on any atom is -0.335 e. The number of fused-ring (bicyclic) bond motifs is 1. The van der Waals surface area contributed by atoms with Crippen molar-refractivity contribution in [2.24, 2.45) is 0 Å². The number of rotatable bonds is 4. The van der Waals surface area contributed by atoms with E-state index in [9.17, 15) is 4.79 Å². The molecule has 0 atom stereocenters. The van der Waals surface area contributed by atoms with E-state index < -0.39 is 0 Å². The van der Waals surface area contributed by atoms with Crippen LogP contribution in [0.25, 0.3) is 16.3 Å². The standard InChI is InChI=1S/C18H15BrN2OS/c1-21(12-17-20-15-8-4-5-9-16(15)23-17)18(22)11-10-13-6-2-3-7-14(13)19/h2-11H,12H2,1H3/b11-10+. The van der Waals surface area contributed by atoms with E-state index >= 15 is 0 Å². The van der Waals surface area contributed by atoms with E-state index in [2.05, 4.69) is 20.9 Å². The summed E-state index contributed by atoms with van der Waals surface area (Å²) in [4.78, 5) is 18.5. The highest BCUT2D eigenvalue weighted by molar-refractivity contribution is 9.10. The fourth-order valence-corrected chi connectivity index (χ4v) is 3.60. The summed E-state index contributed by atoms with van der Waals surface area (Å²) in [6.07, 6.45) is 3.41. The number of amides is 1. The van der Waals surface area contributed by atoms with Gasteiger partial charge >= 0.3 is 0 Å². The molecule has 1 heterocycles. The summed E-state index contributed by atoms with van der Waals surface area (Å²) >= 11 is 5.10. The predicted octanol–water partition coefficient (Wildman–Crippen LogP) is 4.73. The first-order valence-corrected chi connectivity index (χ1v) is 8.76. The van der Waals surface area contributed by atoms with E-state index in [0.29, 0.717) is 6.54 Å². The quantitative estimate of drug-likeness (QED) is 0.607. The van der Waals surface area contributed by atoms with Gasteiger partial charge in [-0.25, -0.2) is 4.98 Å². The van der Waals surface area contributed by atoms with Crippen LogP contribution in [0, 0.1) is 0 Å². The molecule has 1 aromatic heterocycles. The van der Waals surface area contributed by atoms with Gasteiger partial charge in [0.1, 0.15) is 5.01 Å². The second kappa shape index (κ2) is 7.06. The third-order valence-corrected chi connectivity index (χ3v) is 5.14. The average molecular weight is 387 g/mol. The van der Waals surface area contributed by atoms with Crippen molar-refractivity contribution in [2.75, 3.05) is 7.05 Å². The summed E-state index contributed by atoms with van der Waals surface area (Å²) in [5.74, 6) is -0.0417. The van der Waals surface area contributed by atoms with Crippen LogP contribution >= 0.6 is 27.3 Å². The van der Waals surface area contributed by atoms with Gasteiger partial charge < -0.3 is 4.90 Å². The lowest BCUT2D eigenvalue weighted by Gasteiger charge is -2.12. The van der Waals surface area contributed by atoms with Gasteiger partial charge in [-0.1, -0.05) is 46.3 Å². The van der Waals surface area contributed by atoms with Crippen LogP contribution < -0.4 is 0 Å². The Hall–Kier alpha value is -1.98. The number of para-hydroxylation sites is 1. The van der Waals surface area contributed by atoms with E-state index in [1.54, 1.807) is 29.4 Å². The van der Waals surface area contributed by atoms with Gasteiger partial charge in [0.05, 0.1) is 16.8 Å². The molecule has 0 radical (unpaired) electrons. The Balaban J connectivity index is 1.69. The maximum atomic E-state index is 12.2. The number of aromatic nitrogens is 1. The molecule has 0 aliphatic rings. The van der Waals surface area contributed by atoms with Crippen molar-refractivity contribution in [3.63, 3.8) is 0 Å². The van der Waals surface area contributed by atoms with Crippen LogP contribution in [0.5, 0.6) is 0 Å². The number of hydrogen-bond donors (Lipinski definition) is 0. The van der Waals surface area contributed by atoms with Crippen LogP contribution in [-0.2, 0) is 11.3 Å². The molecule has 23 heavy (non-hydrogen) atoms. The molecule has 1 amide bonds. The Labute approximate surface area is 147 Å². The van der Waals surface area contributed by atoms with Gasteiger partial charge in [-0.2, -0.15) is 0 Å². The van der Waals surface area contributed by atoms with Crippen molar-refractivity contribution in [3.05, 3.63) is 69.7 Å². The van der Waals surface area contributed by atoms with Crippen LogP contribution in [0.4, 0.5) is 0 Å². The molecule has 0 fully saturated rings. The fourth-order valence-electron chi connectivity index (χ4n) is 2.17. The lowest BCUT2D eigenvalue weighted by atomic mass is 10.2. The molecule has 0 spiro atoms. The third kappa shape index (κ3) is 3.86. The molecule has 0 bridgehead atoms. The summed E-state index contributed by atoms with van der Waals surface area (Å²) in [7, 11) is 1.79. The summed E-state index contributed by atoms with van der Waals surface area (Å²) in [5.41, 5.74) is 1.96. The Morgan fingerprint density at radius 3 is 2.74 bits per heavy atom. The second-order valence-electron chi connectivity index (χ2n) is 5.12. The Bertz CT molecular complexity index is 839. The zero-order valence-corrected chi connectivity index (χ0v) is 15.0. The molecule has 0 aliphatic carbocycles. The van der Waals surface area contributed by atoms with Crippen molar-refractivity contribution >= 4 is 49.5 Å². The van der Waals surface area contributed by atoms with Gasteiger partial charge in [0, 0.05) is 17.6 Å². The Morgan fingerprint density at radius 1 is 1.22 bits per heavy atom. The monoisotopic (exact) mass is 386 g/mol. The lowest BCUT2D eigenvalue weighted by Crippen LogP contribution is -2.23. The van der Waals surface area contributed by atoms with Crippen LogP contribution in [0.15, 0.2) is 59.1 Å². The summed E-state index contributed by atoms with van der Waals surface area (Å²) in [6, 6.07) is 15.8. The highest BCUT2D eigenvalue weighted by Crippen LogP contribution is 2.22. The normalized spacial score (nSPS) is 11.2. The fraction of sp³-hybridized carbons (Fsp3) is 0.111. The van der Waals surface area contributed by atoms with Gasteiger partial charge in [0.25, 0.3) is 0 Å². The summed E-state index contributed by atoms with van der Waals surface area (Å²) in [6.45, 7) is 0.512. The topological polar surface area (TPSA) is 33.2 Å². The first-order valence-electron chi connectivity index (χ1n) is 7.15. The molecule has 0 aliphatic heterocycles. The number of thiazole rings is 1. The van der Waals surface area contributed by atoms with Gasteiger partial charge in [0.2, 0.25) is 5.91 Å². The number of carbonyl (C=O) groups excluding carboxylic acids is 1. The highest BCUT2D eigenvalue weighted by atomic mass is 79.9. The van der Waals surface area contributed by atoms with Gasteiger partial charge in [0.15, 0.2) is 0 Å². The molecule has 0 N–H and O–H groups in total. The first kappa shape index (κ1) is 15.9. The van der Waals surface area contributed by atoms with Gasteiger partial charge in [-0.05, 0) is 29.8 Å². The van der Waals surface area contributed by atoms with E-state index in [0.717, 1.165) is 25.3 Å². The highest BCUT2D eigenvalue weighted by Gasteiger charge is 2.10. The number of nitrogens with zero attached hydrogens (tertiary/aromatic N) is 2. The average Bonchev–Trinajstić information content (AvgIpc) is 2.96. The Kier molecular flexibility index (Phi) is 4.88. The van der Waals surface area contributed by atoms with Crippen LogP contribution in [0.1, 0.15) is 10.6 Å². The minimum atomic E-state index is -0.0417. The van der Waals surface area contributed by atoms with Crippen LogP contribution in [0.3, 0.4) is 0 Å². The molecule has 0 saturated heterocycles. The van der Waals surface area contributed by atoms with Crippen LogP contribution in [-0.4, -0.2) is 22.8 Å². The van der Waals surface area contributed by atoms with Crippen molar-refractivity contribution in [1.82, 2.24) is 9.88 Å². The van der Waals surface area contributed by atoms with Crippen LogP contribution in [0.2, 0.25) is 0 Å². The molecular formula is C18H15BrN2OS. The largest absolute Gasteiger partial charge is 0.335 e. The van der Waals surface area contributed by atoms with Crippen molar-refractivity contribution < 1.29 is 4.79 Å². The molecule has 5 heteroatoms. The number of likely N-dealkylation sites (N-methyl/N-ethyl adjacent to an activating group) is 1. The SMILES string of the molecule is CN(Cc1nc2ccccc2s1)C(=O)/C=C/c1ccccc1Br. The number of carbonyl (C=O) groups is 1. The summed E-state index contributed by atoms with van der Waals surface area (Å²) in [5, 5.41) is 0.941. The molecule has 3 aromatic rings. The number of hydrogen-bond acceptors (Lipinski definition) is 3. The Morgan fingerprint density at radius 2 is 1.96 bits per heavy atom. The smallest absolute Gasteiger partial charge is 0.246 e. The second-order valence-corrected chi connectivity index (χ2v) is 7.09. The molecule has 3 nitrogen and oxygen atoms in total. The van der Waals surface area contributed by atoms with Crippen molar-refractivity contribution in [2.45, 2.75) is 6.54 Å². The zero-order valence-electron chi connectivity index (χ0n) is 12.6. The number of benzene rings is 2. The first-order chi connectivity index (χ1) is 11.1. The molecule has 3 rings (SSSR count). The summed E-state index contributed by atoms with van der Waals surface area (Å²) < 4.78 is 2.12. The molecule has 0 saturated carbocycles. The van der Waals surface area contributed by atoms with E-state index in [-0.39, 0.29) is 5.91 Å². The third-order valence-electron chi connectivity index (χ3n) is 3.40. The van der Waals surface area contributed by atoms with Crippen molar-refractivity contribution in [3.8, 4) is 0 Å². The van der Waals surface area contributed by atoms with E-state index in [4.69, 9.17) is 0 Å².